The van der Waals surface area contributed by atoms with Gasteiger partial charge in [0, 0.05) is 24.1 Å². The lowest BCUT2D eigenvalue weighted by Gasteiger charge is -2.28. The number of rotatable bonds is 5. The van der Waals surface area contributed by atoms with Crippen molar-refractivity contribution in [2.45, 2.75) is 6.67 Å². The Morgan fingerprint density at radius 3 is 2.52 bits per heavy atom. The monoisotopic (exact) mass is 383 g/mol. The van der Waals surface area contributed by atoms with Gasteiger partial charge in [0.05, 0.1) is 13.3 Å². The third kappa shape index (κ3) is 3.89. The van der Waals surface area contributed by atoms with E-state index in [1.807, 2.05) is 47.3 Å². The summed E-state index contributed by atoms with van der Waals surface area (Å²) in [5.41, 5.74) is 1.05. The Balaban J connectivity index is 1.41. The Morgan fingerprint density at radius 2 is 1.85 bits per heavy atom. The van der Waals surface area contributed by atoms with Gasteiger partial charge < -0.3 is 9.64 Å². The van der Waals surface area contributed by atoms with E-state index < -0.39 is 0 Å². The van der Waals surface area contributed by atoms with Gasteiger partial charge in [0.25, 0.3) is 5.82 Å². The minimum Gasteiger partial charge on any atom is -0.497 e. The summed E-state index contributed by atoms with van der Waals surface area (Å²) in [6.07, 6.45) is 6.10. The highest BCUT2D eigenvalue weighted by atomic mass is 32.1. The predicted octanol–water partition coefficient (Wildman–Crippen LogP) is 1.19. The predicted molar refractivity (Wildman–Crippen MR) is 107 cm³/mol. The van der Waals surface area contributed by atoms with Crippen LogP contribution in [-0.4, -0.2) is 42.4 Å². The number of quaternary nitrogens is 1. The van der Waals surface area contributed by atoms with Crippen LogP contribution in [0.5, 0.6) is 5.75 Å². The highest BCUT2D eigenvalue weighted by molar-refractivity contribution is 7.71. The molecule has 0 bridgehead atoms. The standard InChI is InChI=1S/C20H23N5OS/c1-26-18-7-5-17(6-8-18)25-15-14-24(20(25)27)16-22-10-12-23(13-11-22)19-4-2-3-9-21-19/h2-9,14-15H,10-13,16H2,1H3/p+2. The molecule has 2 N–H and O–H groups in total. The molecule has 1 saturated heterocycles. The first kappa shape index (κ1) is 17.8. The second-order valence-electron chi connectivity index (χ2n) is 6.76. The number of pyridine rings is 1. The third-order valence-corrected chi connectivity index (χ3v) is 5.53. The Kier molecular flexibility index (Phi) is 5.22. The van der Waals surface area contributed by atoms with Crippen LogP contribution in [0.25, 0.3) is 5.69 Å². The van der Waals surface area contributed by atoms with Crippen LogP contribution in [0.4, 0.5) is 5.82 Å². The number of anilines is 1. The van der Waals surface area contributed by atoms with Crippen LogP contribution in [-0.2, 0) is 6.67 Å². The molecule has 0 aliphatic carbocycles. The Morgan fingerprint density at radius 1 is 1.07 bits per heavy atom. The topological polar surface area (TPSA) is 40.9 Å². The molecule has 7 heteroatoms. The van der Waals surface area contributed by atoms with Crippen LogP contribution in [0.15, 0.2) is 61.1 Å². The number of methoxy groups -OCH3 is 1. The molecule has 0 saturated carbocycles. The van der Waals surface area contributed by atoms with Gasteiger partial charge in [0.15, 0.2) is 11.4 Å². The van der Waals surface area contributed by atoms with Crippen molar-refractivity contribution in [2.24, 2.45) is 0 Å². The number of ether oxygens (including phenoxy) is 1. The van der Waals surface area contributed by atoms with Crippen LogP contribution < -0.4 is 19.5 Å². The molecule has 1 aliphatic rings. The SMILES string of the molecule is COc1ccc(-n2ccn(C[NH+]3CCN(c4cccc[nH+]4)CC3)c2=S)cc1. The van der Waals surface area contributed by atoms with E-state index in [1.165, 1.54) is 5.82 Å². The molecule has 0 radical (unpaired) electrons. The first-order chi connectivity index (χ1) is 13.2. The van der Waals surface area contributed by atoms with E-state index in [0.29, 0.717) is 0 Å². The molecule has 0 unspecified atom stereocenters. The molecule has 140 valence electrons. The number of piperazine rings is 1. The zero-order valence-electron chi connectivity index (χ0n) is 15.5. The first-order valence-electron chi connectivity index (χ1n) is 9.22. The average molecular weight is 384 g/mol. The molecule has 0 spiro atoms. The second kappa shape index (κ2) is 7.94. The number of benzene rings is 1. The van der Waals surface area contributed by atoms with Crippen LogP contribution in [0, 0.1) is 4.77 Å². The number of nitrogens with zero attached hydrogens (tertiary/aromatic N) is 3. The number of H-pyrrole nitrogens is 1. The van der Waals surface area contributed by atoms with Gasteiger partial charge in [-0.05, 0) is 42.5 Å². The second-order valence-corrected chi connectivity index (χ2v) is 7.13. The highest BCUT2D eigenvalue weighted by Crippen LogP contribution is 2.15. The fourth-order valence-electron chi connectivity index (χ4n) is 3.52. The molecule has 3 heterocycles. The van der Waals surface area contributed by atoms with Crippen molar-refractivity contribution in [3.63, 3.8) is 0 Å². The summed E-state index contributed by atoms with van der Waals surface area (Å²) < 4.78 is 10.3. The summed E-state index contributed by atoms with van der Waals surface area (Å²) in [7, 11) is 1.68. The fourth-order valence-corrected chi connectivity index (χ4v) is 3.81. The number of hydrogen-bond acceptors (Lipinski definition) is 3. The maximum absolute atomic E-state index is 5.70. The summed E-state index contributed by atoms with van der Waals surface area (Å²) in [5, 5.41) is 0. The van der Waals surface area contributed by atoms with Crippen LogP contribution in [0.3, 0.4) is 0 Å². The van der Waals surface area contributed by atoms with Gasteiger partial charge >= 0.3 is 0 Å². The molecule has 0 amide bonds. The van der Waals surface area contributed by atoms with E-state index in [9.17, 15) is 0 Å². The molecular formula is C20H25N5OS+2. The average Bonchev–Trinajstić information content (AvgIpc) is 3.09. The molecule has 2 aromatic heterocycles. The Hall–Kier alpha value is -2.64. The molecule has 4 rings (SSSR count). The van der Waals surface area contributed by atoms with E-state index >= 15 is 0 Å². The summed E-state index contributed by atoms with van der Waals surface area (Å²) in [6, 6.07) is 14.2. The van der Waals surface area contributed by atoms with Crippen LogP contribution >= 0.6 is 12.2 Å². The number of hydrogen-bond donors (Lipinski definition) is 1. The summed E-state index contributed by atoms with van der Waals surface area (Å²) in [5.74, 6) is 2.04. The quantitative estimate of drug-likeness (QED) is 0.673. The number of aromatic amines is 1. The Labute approximate surface area is 164 Å². The van der Waals surface area contributed by atoms with Gasteiger partial charge in [-0.15, -0.1) is 0 Å². The summed E-state index contributed by atoms with van der Waals surface area (Å²) in [6.45, 7) is 5.18. The van der Waals surface area contributed by atoms with E-state index in [0.717, 1.165) is 49.1 Å². The van der Waals surface area contributed by atoms with E-state index in [4.69, 9.17) is 17.0 Å². The third-order valence-electron chi connectivity index (χ3n) is 5.10. The van der Waals surface area contributed by atoms with Crippen LogP contribution in [0.1, 0.15) is 0 Å². The molecule has 3 aromatic rings. The number of aromatic nitrogens is 3. The molecule has 27 heavy (non-hydrogen) atoms. The molecule has 1 aromatic carbocycles. The molecule has 1 fully saturated rings. The van der Waals surface area contributed by atoms with Gasteiger partial charge in [-0.3, -0.25) is 14.0 Å². The molecule has 1 aliphatic heterocycles. The van der Waals surface area contributed by atoms with Gasteiger partial charge in [-0.25, -0.2) is 4.98 Å². The van der Waals surface area contributed by atoms with Crippen molar-refractivity contribution >= 4 is 18.0 Å². The van der Waals surface area contributed by atoms with E-state index in [1.54, 1.807) is 12.0 Å². The molecule has 6 nitrogen and oxygen atoms in total. The molecular weight excluding hydrogens is 358 g/mol. The zero-order chi connectivity index (χ0) is 18.6. The maximum atomic E-state index is 5.70. The van der Waals surface area contributed by atoms with Crippen molar-refractivity contribution in [1.29, 1.82) is 0 Å². The smallest absolute Gasteiger partial charge is 0.274 e. The van der Waals surface area contributed by atoms with E-state index in [-0.39, 0.29) is 0 Å². The summed E-state index contributed by atoms with van der Waals surface area (Å²) in [4.78, 5) is 7.28. The van der Waals surface area contributed by atoms with Gasteiger partial charge in [-0.1, -0.05) is 6.07 Å². The van der Waals surface area contributed by atoms with Crippen molar-refractivity contribution in [1.82, 2.24) is 9.13 Å². The normalized spacial score (nSPS) is 15.1. The largest absolute Gasteiger partial charge is 0.497 e. The van der Waals surface area contributed by atoms with Gasteiger partial charge in [0.2, 0.25) is 0 Å². The fraction of sp³-hybridized carbons (Fsp3) is 0.300. The van der Waals surface area contributed by atoms with Crippen molar-refractivity contribution in [2.75, 3.05) is 38.2 Å². The van der Waals surface area contributed by atoms with Gasteiger partial charge in [0.1, 0.15) is 31.9 Å². The van der Waals surface area contributed by atoms with Crippen molar-refractivity contribution in [3.05, 3.63) is 65.8 Å². The summed E-state index contributed by atoms with van der Waals surface area (Å²) >= 11 is 5.70. The van der Waals surface area contributed by atoms with Crippen LogP contribution in [0.2, 0.25) is 0 Å². The Bertz CT molecular complexity index is 927. The highest BCUT2D eigenvalue weighted by Gasteiger charge is 2.26. The first-order valence-corrected chi connectivity index (χ1v) is 9.63. The lowest BCUT2D eigenvalue weighted by Crippen LogP contribution is -3.14. The number of imidazole rings is 1. The minimum atomic E-state index is 0.825. The lowest BCUT2D eigenvalue weighted by molar-refractivity contribution is -0.923. The van der Waals surface area contributed by atoms with Gasteiger partial charge in [-0.2, -0.15) is 0 Å². The van der Waals surface area contributed by atoms with E-state index in [2.05, 4.69) is 32.8 Å². The van der Waals surface area contributed by atoms with Crippen molar-refractivity contribution in [3.8, 4) is 11.4 Å². The molecule has 0 atom stereocenters. The van der Waals surface area contributed by atoms with Crippen molar-refractivity contribution < 1.29 is 14.6 Å². The minimum absolute atomic E-state index is 0.825. The maximum Gasteiger partial charge on any atom is 0.274 e. The lowest BCUT2D eigenvalue weighted by atomic mass is 10.3. The number of nitrogens with one attached hydrogen (secondary N) is 2. The zero-order valence-corrected chi connectivity index (χ0v) is 16.3.